The van der Waals surface area contributed by atoms with Crippen LogP contribution < -0.4 is 14.8 Å². The summed E-state index contributed by atoms with van der Waals surface area (Å²) in [6.07, 6.45) is 4.22. The summed E-state index contributed by atoms with van der Waals surface area (Å²) in [7, 11) is 1.53. The lowest BCUT2D eigenvalue weighted by Gasteiger charge is -2.29. The van der Waals surface area contributed by atoms with Gasteiger partial charge in [0.15, 0.2) is 0 Å². The second-order valence-corrected chi connectivity index (χ2v) is 6.25. The number of nitrogens with zero attached hydrogens (tertiary/aromatic N) is 1. The second kappa shape index (κ2) is 8.12. The van der Waals surface area contributed by atoms with E-state index in [1.807, 2.05) is 0 Å². The summed E-state index contributed by atoms with van der Waals surface area (Å²) in [6.45, 7) is 0. The number of hydrogen-bond donors (Lipinski definition) is 1. The van der Waals surface area contributed by atoms with E-state index in [2.05, 4.69) is 10.3 Å². The van der Waals surface area contributed by atoms with Crippen molar-refractivity contribution in [3.05, 3.63) is 53.9 Å². The van der Waals surface area contributed by atoms with Crippen LogP contribution in [0.3, 0.4) is 0 Å². The quantitative estimate of drug-likeness (QED) is 0.885. The van der Waals surface area contributed by atoms with Gasteiger partial charge >= 0.3 is 0 Å². The zero-order valence-corrected chi connectivity index (χ0v) is 14.4. The molecule has 1 saturated carbocycles. The van der Waals surface area contributed by atoms with E-state index in [1.54, 1.807) is 12.1 Å². The molecule has 0 unspecified atom stereocenters. The molecule has 0 radical (unpaired) electrons. The lowest BCUT2D eigenvalue weighted by molar-refractivity contribution is 0.0888. The summed E-state index contributed by atoms with van der Waals surface area (Å²) in [4.78, 5) is 16.3. The van der Waals surface area contributed by atoms with E-state index in [9.17, 15) is 13.6 Å². The van der Waals surface area contributed by atoms with E-state index in [-0.39, 0.29) is 23.8 Å². The third kappa shape index (κ3) is 4.68. The van der Waals surface area contributed by atoms with Gasteiger partial charge in [0.05, 0.1) is 13.2 Å². The van der Waals surface area contributed by atoms with Gasteiger partial charge in [-0.15, -0.1) is 0 Å². The molecule has 0 bridgehead atoms. The Morgan fingerprint density at radius 1 is 1.08 bits per heavy atom. The summed E-state index contributed by atoms with van der Waals surface area (Å²) >= 11 is 0. The molecule has 0 saturated heterocycles. The first-order valence-electron chi connectivity index (χ1n) is 8.47. The highest BCUT2D eigenvalue weighted by Gasteiger charge is 2.24. The number of aromatic nitrogens is 1. The van der Waals surface area contributed by atoms with Crippen LogP contribution in [0.1, 0.15) is 36.2 Å². The van der Waals surface area contributed by atoms with Crippen molar-refractivity contribution in [1.29, 1.82) is 0 Å². The minimum atomic E-state index is -0.660. The summed E-state index contributed by atoms with van der Waals surface area (Å²) in [5, 5.41) is 2.96. The van der Waals surface area contributed by atoms with Gasteiger partial charge < -0.3 is 14.8 Å². The first kappa shape index (κ1) is 18.1. The van der Waals surface area contributed by atoms with Gasteiger partial charge in [-0.2, -0.15) is 0 Å². The average Bonchev–Trinajstić information content (AvgIpc) is 2.62. The van der Waals surface area contributed by atoms with Gasteiger partial charge in [0.25, 0.3) is 5.91 Å². The Balaban J connectivity index is 1.51. The third-order valence-electron chi connectivity index (χ3n) is 4.35. The predicted octanol–water partition coefficient (Wildman–Crippen LogP) is 3.49. The van der Waals surface area contributed by atoms with Gasteiger partial charge in [-0.25, -0.2) is 8.78 Å². The number of nitrogens with one attached hydrogen (secondary N) is 1. The average molecular weight is 362 g/mol. The monoisotopic (exact) mass is 362 g/mol. The molecule has 5 nitrogen and oxygen atoms in total. The highest BCUT2D eigenvalue weighted by atomic mass is 19.1. The molecule has 0 spiro atoms. The normalized spacial score (nSPS) is 19.7. The standard InChI is InChI=1S/C19H20F2N2O3/c1-25-16-6-7-22-18(11-16)19(24)23-14-2-4-15(5-3-14)26-17-9-12(20)8-13(21)10-17/h6-11,14-15H,2-5H2,1H3,(H,23,24). The molecule has 7 heteroatoms. The number of benzene rings is 1. The number of rotatable bonds is 5. The SMILES string of the molecule is COc1ccnc(C(=O)NC2CCC(Oc3cc(F)cc(F)c3)CC2)c1. The molecule has 1 aliphatic rings. The Morgan fingerprint density at radius 3 is 2.42 bits per heavy atom. The van der Waals surface area contributed by atoms with Gasteiger partial charge in [0.1, 0.15) is 28.8 Å². The van der Waals surface area contributed by atoms with E-state index in [4.69, 9.17) is 9.47 Å². The van der Waals surface area contributed by atoms with Crippen LogP contribution in [0.25, 0.3) is 0 Å². The fraction of sp³-hybridized carbons (Fsp3) is 0.368. The largest absolute Gasteiger partial charge is 0.497 e. The highest BCUT2D eigenvalue weighted by molar-refractivity contribution is 5.92. The lowest BCUT2D eigenvalue weighted by atomic mass is 9.93. The molecule has 1 aromatic heterocycles. The predicted molar refractivity (Wildman–Crippen MR) is 91.3 cm³/mol. The molecular formula is C19H20F2N2O3. The number of hydrogen-bond acceptors (Lipinski definition) is 4. The minimum Gasteiger partial charge on any atom is -0.497 e. The van der Waals surface area contributed by atoms with Gasteiger partial charge in [-0.1, -0.05) is 0 Å². The molecule has 1 N–H and O–H groups in total. The Hall–Kier alpha value is -2.70. The van der Waals surface area contributed by atoms with E-state index in [0.717, 1.165) is 18.9 Å². The van der Waals surface area contributed by atoms with Crippen LogP contribution in [0.15, 0.2) is 36.5 Å². The zero-order chi connectivity index (χ0) is 18.5. The summed E-state index contributed by atoms with van der Waals surface area (Å²) < 4.78 is 37.2. The van der Waals surface area contributed by atoms with Crippen molar-refractivity contribution in [2.24, 2.45) is 0 Å². The van der Waals surface area contributed by atoms with Crippen molar-refractivity contribution >= 4 is 5.91 Å². The molecule has 0 atom stereocenters. The van der Waals surface area contributed by atoms with Crippen molar-refractivity contribution in [3.8, 4) is 11.5 Å². The van der Waals surface area contributed by atoms with Gasteiger partial charge in [0, 0.05) is 36.5 Å². The molecule has 1 heterocycles. The summed E-state index contributed by atoms with van der Waals surface area (Å²) in [5.74, 6) is -0.806. The number of carbonyl (C=O) groups excluding carboxylic acids is 1. The van der Waals surface area contributed by atoms with Crippen LogP contribution in [0, 0.1) is 11.6 Å². The van der Waals surface area contributed by atoms with Crippen LogP contribution in [0.2, 0.25) is 0 Å². The molecule has 3 rings (SSSR count). The van der Waals surface area contributed by atoms with Crippen LogP contribution >= 0.6 is 0 Å². The first-order chi connectivity index (χ1) is 12.5. The van der Waals surface area contributed by atoms with Gasteiger partial charge in [-0.05, 0) is 31.7 Å². The summed E-state index contributed by atoms with van der Waals surface area (Å²) in [5.41, 5.74) is 0.304. The van der Waals surface area contributed by atoms with Gasteiger partial charge in [-0.3, -0.25) is 9.78 Å². The molecular weight excluding hydrogens is 342 g/mol. The fourth-order valence-corrected chi connectivity index (χ4v) is 3.04. The van der Waals surface area contributed by atoms with Crippen LogP contribution in [-0.2, 0) is 0 Å². The van der Waals surface area contributed by atoms with Crippen LogP contribution in [-0.4, -0.2) is 30.1 Å². The van der Waals surface area contributed by atoms with E-state index in [0.29, 0.717) is 24.3 Å². The van der Waals surface area contributed by atoms with Crippen molar-refractivity contribution < 1.29 is 23.0 Å². The molecule has 1 fully saturated rings. The molecule has 26 heavy (non-hydrogen) atoms. The van der Waals surface area contributed by atoms with Crippen LogP contribution in [0.5, 0.6) is 11.5 Å². The fourth-order valence-electron chi connectivity index (χ4n) is 3.04. The Bertz CT molecular complexity index is 757. The Kier molecular flexibility index (Phi) is 5.65. The highest BCUT2D eigenvalue weighted by Crippen LogP contribution is 2.25. The zero-order valence-electron chi connectivity index (χ0n) is 14.4. The van der Waals surface area contributed by atoms with Crippen molar-refractivity contribution in [2.45, 2.75) is 37.8 Å². The number of amides is 1. The lowest BCUT2D eigenvalue weighted by Crippen LogP contribution is -2.40. The molecule has 1 amide bonds. The first-order valence-corrected chi connectivity index (χ1v) is 8.47. The van der Waals surface area contributed by atoms with E-state index < -0.39 is 11.6 Å². The molecule has 2 aromatic rings. The molecule has 1 aromatic carbocycles. The number of pyridine rings is 1. The third-order valence-corrected chi connectivity index (χ3v) is 4.35. The summed E-state index contributed by atoms with van der Waals surface area (Å²) in [6, 6.07) is 6.43. The van der Waals surface area contributed by atoms with Gasteiger partial charge in [0.2, 0.25) is 0 Å². The molecule has 1 aliphatic carbocycles. The van der Waals surface area contributed by atoms with Crippen molar-refractivity contribution in [2.75, 3.05) is 7.11 Å². The smallest absolute Gasteiger partial charge is 0.270 e. The maximum Gasteiger partial charge on any atom is 0.270 e. The number of ether oxygens (including phenoxy) is 2. The topological polar surface area (TPSA) is 60.5 Å². The van der Waals surface area contributed by atoms with Crippen molar-refractivity contribution in [3.63, 3.8) is 0 Å². The number of methoxy groups -OCH3 is 1. The van der Waals surface area contributed by atoms with E-state index in [1.165, 1.54) is 25.4 Å². The van der Waals surface area contributed by atoms with Crippen molar-refractivity contribution in [1.82, 2.24) is 10.3 Å². The number of carbonyl (C=O) groups is 1. The molecule has 0 aliphatic heterocycles. The van der Waals surface area contributed by atoms with Crippen LogP contribution in [0.4, 0.5) is 8.78 Å². The molecule has 138 valence electrons. The Labute approximate surface area is 150 Å². The maximum absolute atomic E-state index is 13.2. The minimum absolute atomic E-state index is 0.0135. The van der Waals surface area contributed by atoms with E-state index >= 15 is 0 Å². The second-order valence-electron chi connectivity index (χ2n) is 6.25. The Morgan fingerprint density at radius 2 is 1.77 bits per heavy atom. The number of halogens is 2. The maximum atomic E-state index is 13.2.